The van der Waals surface area contributed by atoms with E-state index < -0.39 is 0 Å². The highest BCUT2D eigenvalue weighted by atomic mass is 32.2. The van der Waals surface area contributed by atoms with Crippen LogP contribution in [-0.4, -0.2) is 52.7 Å². The Bertz CT molecular complexity index is 1510. The minimum atomic E-state index is -0.380. The Morgan fingerprint density at radius 3 is 2.55 bits per heavy atom. The van der Waals surface area contributed by atoms with Crippen molar-refractivity contribution in [3.05, 3.63) is 82.6 Å². The van der Waals surface area contributed by atoms with Crippen LogP contribution < -0.4 is 20.6 Å². The SMILES string of the molecule is CCN(CC)c1ccc(/C=N\NC(=O)CSc2nc3ccccc3c(=O)n2-c2ccc(OC)cc2)c(O)c1. The standard InChI is InChI=1S/C28H29N5O4S/c1-4-32(5-2)21-11-10-19(25(34)16-21)17-29-31-26(35)18-38-28-30-24-9-7-6-8-23(24)27(36)33(28)20-12-14-22(37-3)15-13-20/h6-17,34H,4-5,18H2,1-3H3,(H,31,35)/b29-17-. The number of benzene rings is 3. The number of aromatic nitrogens is 2. The fourth-order valence-corrected chi connectivity index (χ4v) is 4.74. The molecule has 4 rings (SSSR count). The maximum Gasteiger partial charge on any atom is 0.266 e. The molecule has 0 aliphatic carbocycles. The average Bonchev–Trinajstić information content (AvgIpc) is 2.94. The number of phenols is 1. The van der Waals surface area contributed by atoms with Gasteiger partial charge in [-0.1, -0.05) is 23.9 Å². The van der Waals surface area contributed by atoms with Crippen LogP contribution in [0.1, 0.15) is 19.4 Å². The number of hydrogen-bond acceptors (Lipinski definition) is 8. The van der Waals surface area contributed by atoms with Gasteiger partial charge in [0.25, 0.3) is 11.5 Å². The van der Waals surface area contributed by atoms with Crippen LogP contribution in [0, 0.1) is 0 Å². The summed E-state index contributed by atoms with van der Waals surface area (Å²) >= 11 is 1.13. The van der Waals surface area contributed by atoms with Crippen LogP contribution in [0.15, 0.2) is 81.8 Å². The molecule has 4 aromatic rings. The average molecular weight is 532 g/mol. The number of anilines is 1. The number of thioether (sulfide) groups is 1. The number of carbonyl (C=O) groups excluding carboxylic acids is 1. The number of rotatable bonds is 10. The second-order valence-corrected chi connectivity index (χ2v) is 9.19. The molecule has 0 spiro atoms. The molecular weight excluding hydrogens is 502 g/mol. The Hall–Kier alpha value is -4.31. The van der Waals surface area contributed by atoms with Crippen molar-refractivity contribution in [2.24, 2.45) is 5.10 Å². The van der Waals surface area contributed by atoms with Gasteiger partial charge in [0.15, 0.2) is 5.16 Å². The molecule has 0 bridgehead atoms. The van der Waals surface area contributed by atoms with Gasteiger partial charge in [0.1, 0.15) is 11.5 Å². The lowest BCUT2D eigenvalue weighted by Gasteiger charge is -2.21. The quantitative estimate of drug-likeness (QED) is 0.137. The number of hydrazone groups is 1. The van der Waals surface area contributed by atoms with Crippen molar-refractivity contribution in [1.82, 2.24) is 15.0 Å². The van der Waals surface area contributed by atoms with E-state index in [2.05, 4.69) is 20.4 Å². The third-order valence-electron chi connectivity index (χ3n) is 5.94. The first kappa shape index (κ1) is 26.7. The molecule has 0 fully saturated rings. The van der Waals surface area contributed by atoms with Crippen LogP contribution >= 0.6 is 11.8 Å². The van der Waals surface area contributed by atoms with E-state index >= 15 is 0 Å². The molecule has 0 aliphatic heterocycles. The summed E-state index contributed by atoms with van der Waals surface area (Å²) in [5.74, 6) is 0.334. The number of carbonyl (C=O) groups is 1. The van der Waals surface area contributed by atoms with Crippen molar-refractivity contribution in [1.29, 1.82) is 0 Å². The summed E-state index contributed by atoms with van der Waals surface area (Å²) in [6.45, 7) is 5.76. The van der Waals surface area contributed by atoms with Crippen molar-refractivity contribution >= 4 is 40.5 Å². The number of hydrogen-bond donors (Lipinski definition) is 2. The minimum absolute atomic E-state index is 0.0227. The minimum Gasteiger partial charge on any atom is -0.507 e. The molecule has 1 heterocycles. The van der Waals surface area contributed by atoms with E-state index in [0.29, 0.717) is 33.1 Å². The van der Waals surface area contributed by atoms with Crippen LogP contribution in [0.25, 0.3) is 16.6 Å². The van der Waals surface area contributed by atoms with Crippen molar-refractivity contribution < 1.29 is 14.6 Å². The Kier molecular flexibility index (Phi) is 8.65. The topological polar surface area (TPSA) is 109 Å². The summed E-state index contributed by atoms with van der Waals surface area (Å²) < 4.78 is 6.71. The third kappa shape index (κ3) is 5.97. The zero-order valence-electron chi connectivity index (χ0n) is 21.4. The molecule has 196 valence electrons. The van der Waals surface area contributed by atoms with Gasteiger partial charge < -0.3 is 14.7 Å². The van der Waals surface area contributed by atoms with Gasteiger partial charge >= 0.3 is 0 Å². The van der Waals surface area contributed by atoms with E-state index in [0.717, 1.165) is 30.5 Å². The number of phenolic OH excluding ortho intramolecular Hbond substituents is 1. The number of ether oxygens (including phenoxy) is 1. The summed E-state index contributed by atoms with van der Waals surface area (Å²) in [4.78, 5) is 32.6. The predicted molar refractivity (Wildman–Crippen MR) is 152 cm³/mol. The van der Waals surface area contributed by atoms with Crippen LogP contribution in [0.3, 0.4) is 0 Å². The summed E-state index contributed by atoms with van der Waals surface area (Å²) in [5, 5.41) is 15.2. The Morgan fingerprint density at radius 2 is 1.87 bits per heavy atom. The Balaban J connectivity index is 1.50. The van der Waals surface area contributed by atoms with E-state index in [9.17, 15) is 14.7 Å². The lowest BCUT2D eigenvalue weighted by molar-refractivity contribution is -0.118. The Morgan fingerprint density at radius 1 is 1.13 bits per heavy atom. The number of nitrogens with zero attached hydrogens (tertiary/aromatic N) is 4. The van der Waals surface area contributed by atoms with Gasteiger partial charge in [-0.15, -0.1) is 0 Å². The largest absolute Gasteiger partial charge is 0.507 e. The zero-order valence-corrected chi connectivity index (χ0v) is 22.2. The van der Waals surface area contributed by atoms with Gasteiger partial charge in [0.05, 0.1) is 35.7 Å². The first-order valence-corrected chi connectivity index (χ1v) is 13.1. The molecule has 38 heavy (non-hydrogen) atoms. The number of fused-ring (bicyclic) bond motifs is 1. The van der Waals surface area contributed by atoms with Crippen molar-refractivity contribution in [3.8, 4) is 17.2 Å². The lowest BCUT2D eigenvalue weighted by Crippen LogP contribution is -2.24. The highest BCUT2D eigenvalue weighted by Gasteiger charge is 2.15. The number of amides is 1. The monoisotopic (exact) mass is 531 g/mol. The second-order valence-electron chi connectivity index (χ2n) is 8.25. The molecule has 0 unspecified atom stereocenters. The van der Waals surface area contributed by atoms with Gasteiger partial charge in [-0.25, -0.2) is 10.4 Å². The van der Waals surface area contributed by atoms with Gasteiger partial charge in [-0.3, -0.25) is 14.2 Å². The van der Waals surface area contributed by atoms with E-state index in [-0.39, 0.29) is 23.0 Å². The van der Waals surface area contributed by atoms with Crippen LogP contribution in [-0.2, 0) is 4.79 Å². The summed E-state index contributed by atoms with van der Waals surface area (Å²) in [5.41, 5.74) is 4.79. The van der Waals surface area contributed by atoms with Crippen LogP contribution in [0.5, 0.6) is 11.5 Å². The maximum atomic E-state index is 13.3. The summed E-state index contributed by atoms with van der Waals surface area (Å²) in [6.07, 6.45) is 1.39. The molecule has 3 aromatic carbocycles. The highest BCUT2D eigenvalue weighted by Crippen LogP contribution is 2.24. The number of para-hydroxylation sites is 1. The molecule has 1 amide bonds. The van der Waals surface area contributed by atoms with Crippen molar-refractivity contribution in [2.45, 2.75) is 19.0 Å². The maximum absolute atomic E-state index is 13.3. The Labute approximate surface area is 224 Å². The second kappa shape index (κ2) is 12.3. The van der Waals surface area contributed by atoms with E-state index in [1.54, 1.807) is 61.7 Å². The third-order valence-corrected chi connectivity index (χ3v) is 6.88. The van der Waals surface area contributed by atoms with E-state index in [1.807, 2.05) is 26.0 Å². The molecule has 10 heteroatoms. The van der Waals surface area contributed by atoms with Gasteiger partial charge in [-0.05, 0) is 62.4 Å². The molecule has 0 atom stereocenters. The summed E-state index contributed by atoms with van der Waals surface area (Å²) in [7, 11) is 1.57. The molecule has 1 aromatic heterocycles. The van der Waals surface area contributed by atoms with Crippen molar-refractivity contribution in [2.75, 3.05) is 30.9 Å². The molecular formula is C28H29N5O4S. The highest BCUT2D eigenvalue weighted by molar-refractivity contribution is 7.99. The van der Waals surface area contributed by atoms with Crippen LogP contribution in [0.4, 0.5) is 5.69 Å². The van der Waals surface area contributed by atoms with E-state index in [1.165, 1.54) is 10.8 Å². The molecule has 0 saturated heterocycles. The smallest absolute Gasteiger partial charge is 0.266 e. The first-order valence-electron chi connectivity index (χ1n) is 12.1. The normalized spacial score (nSPS) is 11.1. The fraction of sp³-hybridized carbons (Fsp3) is 0.214. The lowest BCUT2D eigenvalue weighted by atomic mass is 10.2. The van der Waals surface area contributed by atoms with Gasteiger partial charge in [0.2, 0.25) is 0 Å². The van der Waals surface area contributed by atoms with Crippen molar-refractivity contribution in [3.63, 3.8) is 0 Å². The molecule has 0 saturated carbocycles. The number of aromatic hydroxyl groups is 1. The fourth-order valence-electron chi connectivity index (χ4n) is 3.93. The molecule has 0 aliphatic rings. The molecule has 0 radical (unpaired) electrons. The zero-order chi connectivity index (χ0) is 27.1. The molecule has 2 N–H and O–H groups in total. The first-order chi connectivity index (χ1) is 18.4. The van der Waals surface area contributed by atoms with Gasteiger partial charge in [0, 0.05) is 30.4 Å². The summed E-state index contributed by atoms with van der Waals surface area (Å²) in [6, 6.07) is 19.5. The predicted octanol–water partition coefficient (Wildman–Crippen LogP) is 4.19. The number of nitrogens with one attached hydrogen (secondary N) is 1. The van der Waals surface area contributed by atoms with Gasteiger partial charge in [-0.2, -0.15) is 5.10 Å². The van der Waals surface area contributed by atoms with Crippen LogP contribution in [0.2, 0.25) is 0 Å². The van der Waals surface area contributed by atoms with E-state index in [4.69, 9.17) is 4.74 Å². The molecule has 9 nitrogen and oxygen atoms in total. The number of methoxy groups -OCH3 is 1.